The molecule has 0 unspecified atom stereocenters. The molecule has 1 aliphatic heterocycles. The van der Waals surface area contributed by atoms with Crippen LogP contribution in [0, 0.1) is 11.3 Å². The number of nitriles is 1. The van der Waals surface area contributed by atoms with Gasteiger partial charge in [-0.15, -0.1) is 5.53 Å². The maximum absolute atomic E-state index is 9.48. The highest BCUT2D eigenvalue weighted by molar-refractivity contribution is 5.80. The number of rotatable bonds is 5. The van der Waals surface area contributed by atoms with E-state index in [1.165, 1.54) is 0 Å². The smallest absolute Gasteiger partial charge is 0.159 e. The van der Waals surface area contributed by atoms with E-state index in [0.717, 1.165) is 33.8 Å². The zero-order valence-corrected chi connectivity index (χ0v) is 17.6. The first-order valence-corrected chi connectivity index (χ1v) is 10.0. The summed E-state index contributed by atoms with van der Waals surface area (Å²) >= 11 is 0. The third-order valence-corrected chi connectivity index (χ3v) is 4.91. The first-order chi connectivity index (χ1) is 14.5. The Morgan fingerprint density at radius 3 is 2.37 bits per heavy atom. The maximum Gasteiger partial charge on any atom is 0.159 e. The van der Waals surface area contributed by atoms with Crippen LogP contribution >= 0.6 is 0 Å². The van der Waals surface area contributed by atoms with E-state index < -0.39 is 0 Å². The molecule has 7 nitrogen and oxygen atoms in total. The van der Waals surface area contributed by atoms with Gasteiger partial charge in [-0.2, -0.15) is 5.26 Å². The van der Waals surface area contributed by atoms with Gasteiger partial charge in [0.2, 0.25) is 0 Å². The molecule has 7 heteroatoms. The Labute approximate surface area is 176 Å². The maximum atomic E-state index is 9.48. The first-order valence-electron chi connectivity index (χ1n) is 10.0. The predicted octanol–water partition coefficient (Wildman–Crippen LogP) is 4.56. The summed E-state index contributed by atoms with van der Waals surface area (Å²) in [5.74, 6) is 0.596. The molecule has 30 heavy (non-hydrogen) atoms. The molecule has 3 aromatic rings. The Bertz CT molecular complexity index is 1100. The van der Waals surface area contributed by atoms with Crippen LogP contribution < -0.4 is 21.3 Å². The average Bonchev–Trinajstić information content (AvgIpc) is 3.17. The van der Waals surface area contributed by atoms with Crippen molar-refractivity contribution in [3.63, 3.8) is 0 Å². The summed E-state index contributed by atoms with van der Waals surface area (Å²) in [5.41, 5.74) is 12.7. The monoisotopic (exact) mass is 399 g/mol. The number of fused-ring (bicyclic) bond motifs is 1. The molecule has 152 valence electrons. The summed E-state index contributed by atoms with van der Waals surface area (Å²) < 4.78 is 0. The van der Waals surface area contributed by atoms with Gasteiger partial charge >= 0.3 is 0 Å². The molecule has 1 aromatic heterocycles. The van der Waals surface area contributed by atoms with Crippen LogP contribution in [-0.2, 0) is 0 Å². The van der Waals surface area contributed by atoms with E-state index in [9.17, 15) is 5.26 Å². The number of aromatic nitrogens is 2. The third kappa shape index (κ3) is 3.78. The summed E-state index contributed by atoms with van der Waals surface area (Å²) in [4.78, 5) is 9.08. The minimum atomic E-state index is 0.253. The fourth-order valence-electron chi connectivity index (χ4n) is 3.45. The van der Waals surface area contributed by atoms with Gasteiger partial charge in [0.1, 0.15) is 6.07 Å². The van der Waals surface area contributed by atoms with E-state index in [2.05, 4.69) is 69.4 Å². The summed E-state index contributed by atoms with van der Waals surface area (Å²) in [6.45, 7) is 8.35. The Balaban J connectivity index is 1.59. The lowest BCUT2D eigenvalue weighted by atomic mass is 10.1. The van der Waals surface area contributed by atoms with Crippen LogP contribution in [0.5, 0.6) is 0 Å². The van der Waals surface area contributed by atoms with Gasteiger partial charge in [-0.25, -0.2) is 9.97 Å². The molecule has 2 aromatic carbocycles. The number of nitrogens with zero attached hydrogens (tertiary/aromatic N) is 4. The highest BCUT2D eigenvalue weighted by Crippen LogP contribution is 2.34. The van der Waals surface area contributed by atoms with Crippen molar-refractivity contribution >= 4 is 17.1 Å². The lowest BCUT2D eigenvalue weighted by Gasteiger charge is -2.22. The topological polar surface area (TPSA) is 88.9 Å². The van der Waals surface area contributed by atoms with E-state index >= 15 is 0 Å². The van der Waals surface area contributed by atoms with Crippen molar-refractivity contribution in [1.29, 1.82) is 5.26 Å². The fourth-order valence-corrected chi connectivity index (χ4v) is 3.45. The van der Waals surface area contributed by atoms with Gasteiger partial charge < -0.3 is 10.7 Å². The first kappa shape index (κ1) is 19.7. The van der Waals surface area contributed by atoms with Crippen molar-refractivity contribution in [2.45, 2.75) is 39.8 Å². The Morgan fingerprint density at radius 2 is 1.70 bits per heavy atom. The zero-order chi connectivity index (χ0) is 21.3. The van der Waals surface area contributed by atoms with E-state index in [0.29, 0.717) is 17.4 Å². The number of hydrogen-bond acceptors (Lipinski definition) is 7. The van der Waals surface area contributed by atoms with Crippen LogP contribution in [0.2, 0.25) is 0 Å². The molecular formula is C23H25N7. The molecule has 1 aliphatic rings. The zero-order valence-electron chi connectivity index (χ0n) is 17.6. The molecule has 0 amide bonds. The standard InChI is InChI=1S/C23H25N7/c1-14(2)27-20-7-5-17(9-18(20)11-24)23-25-12-19(13-26-23)16-6-8-22-21(10-16)28-29-30(22)15(3)4/h5-10,12-15,27-29H,1-4H3. The van der Waals surface area contributed by atoms with E-state index in [1.807, 2.05) is 44.4 Å². The van der Waals surface area contributed by atoms with Crippen LogP contribution in [0.1, 0.15) is 33.3 Å². The van der Waals surface area contributed by atoms with Crippen molar-refractivity contribution in [1.82, 2.24) is 15.5 Å². The van der Waals surface area contributed by atoms with Crippen LogP contribution in [0.15, 0.2) is 48.8 Å². The largest absolute Gasteiger partial charge is 0.382 e. The normalized spacial score (nSPS) is 12.6. The van der Waals surface area contributed by atoms with Crippen molar-refractivity contribution in [3.8, 4) is 28.6 Å². The van der Waals surface area contributed by atoms with Crippen molar-refractivity contribution in [2.24, 2.45) is 0 Å². The molecule has 0 saturated heterocycles. The number of anilines is 3. The van der Waals surface area contributed by atoms with Crippen LogP contribution in [0.25, 0.3) is 22.5 Å². The molecule has 0 bridgehead atoms. The van der Waals surface area contributed by atoms with Gasteiger partial charge in [0.25, 0.3) is 0 Å². The Morgan fingerprint density at radius 1 is 0.967 bits per heavy atom. The minimum absolute atomic E-state index is 0.253. The predicted molar refractivity (Wildman–Crippen MR) is 121 cm³/mol. The minimum Gasteiger partial charge on any atom is -0.382 e. The molecule has 0 atom stereocenters. The van der Waals surface area contributed by atoms with Gasteiger partial charge in [0.05, 0.1) is 22.6 Å². The van der Waals surface area contributed by atoms with Gasteiger partial charge in [0, 0.05) is 35.6 Å². The van der Waals surface area contributed by atoms with Crippen LogP contribution in [0.4, 0.5) is 17.1 Å². The lowest BCUT2D eigenvalue weighted by molar-refractivity contribution is 0.633. The van der Waals surface area contributed by atoms with E-state index in [1.54, 1.807) is 0 Å². The SMILES string of the molecule is CC(C)Nc1ccc(-c2ncc(-c3ccc4c(c3)NNN4C(C)C)cn2)cc1C#N. The molecular weight excluding hydrogens is 374 g/mol. The lowest BCUT2D eigenvalue weighted by Crippen LogP contribution is -2.41. The molecule has 0 fully saturated rings. The third-order valence-electron chi connectivity index (χ3n) is 4.91. The van der Waals surface area contributed by atoms with Crippen LogP contribution in [0.3, 0.4) is 0 Å². The molecule has 0 aliphatic carbocycles. The molecule has 2 heterocycles. The second-order valence-corrected chi connectivity index (χ2v) is 7.90. The van der Waals surface area contributed by atoms with Crippen molar-refractivity contribution in [3.05, 3.63) is 54.4 Å². The number of hydrogen-bond donors (Lipinski definition) is 3. The highest BCUT2D eigenvalue weighted by Gasteiger charge is 2.21. The fraction of sp³-hybridized carbons (Fsp3) is 0.261. The molecule has 3 N–H and O–H groups in total. The number of nitrogens with one attached hydrogen (secondary N) is 3. The van der Waals surface area contributed by atoms with Gasteiger partial charge in [-0.05, 0) is 63.6 Å². The molecule has 0 radical (unpaired) electrons. The number of benzene rings is 2. The van der Waals surface area contributed by atoms with Crippen molar-refractivity contribution in [2.75, 3.05) is 15.8 Å². The molecule has 0 spiro atoms. The summed E-state index contributed by atoms with van der Waals surface area (Å²) in [6, 6.07) is 14.8. The second-order valence-electron chi connectivity index (χ2n) is 7.90. The number of hydrazine groups is 2. The van der Waals surface area contributed by atoms with Crippen LogP contribution in [-0.4, -0.2) is 22.1 Å². The molecule has 0 saturated carbocycles. The van der Waals surface area contributed by atoms with Crippen molar-refractivity contribution < 1.29 is 0 Å². The summed E-state index contributed by atoms with van der Waals surface area (Å²) in [6.07, 6.45) is 3.64. The quantitative estimate of drug-likeness (QED) is 0.579. The summed E-state index contributed by atoms with van der Waals surface area (Å²) in [7, 11) is 0. The highest BCUT2D eigenvalue weighted by atomic mass is 15.7. The van der Waals surface area contributed by atoms with Gasteiger partial charge in [0.15, 0.2) is 5.82 Å². The molecule has 4 rings (SSSR count). The second kappa shape index (κ2) is 8.01. The van der Waals surface area contributed by atoms with E-state index in [-0.39, 0.29) is 6.04 Å². The van der Waals surface area contributed by atoms with Gasteiger partial charge in [-0.3, -0.25) is 5.01 Å². The van der Waals surface area contributed by atoms with E-state index in [4.69, 9.17) is 0 Å². The average molecular weight is 400 g/mol. The Kier molecular flexibility index (Phi) is 5.25. The van der Waals surface area contributed by atoms with Gasteiger partial charge in [-0.1, -0.05) is 6.07 Å². The summed E-state index contributed by atoms with van der Waals surface area (Å²) in [5, 5.41) is 14.9. The Hall–Kier alpha value is -3.63.